The van der Waals surface area contributed by atoms with Crippen molar-refractivity contribution < 1.29 is 0 Å². The van der Waals surface area contributed by atoms with E-state index in [-0.39, 0.29) is 12.4 Å². The molecule has 4 nitrogen and oxygen atoms in total. The number of nitrogens with two attached hydrogens (primary N) is 1. The minimum atomic E-state index is 0. The molecule has 0 fully saturated rings. The monoisotopic (exact) mass is 402 g/mol. The van der Waals surface area contributed by atoms with Crippen LogP contribution < -0.4 is 5.73 Å². The molecule has 0 saturated carbocycles. The maximum absolute atomic E-state index is 6.32. The Kier molecular flexibility index (Phi) is 5.84. The molecule has 4 rings (SSSR count). The van der Waals surface area contributed by atoms with Crippen LogP contribution in [0.4, 0.5) is 0 Å². The van der Waals surface area contributed by atoms with Crippen LogP contribution in [-0.4, -0.2) is 14.6 Å². The first-order valence-electron chi connectivity index (χ1n) is 7.82. The van der Waals surface area contributed by atoms with Crippen LogP contribution in [-0.2, 0) is 6.54 Å². The molecule has 2 aromatic carbocycles. The van der Waals surface area contributed by atoms with Crippen LogP contribution in [0.5, 0.6) is 0 Å². The van der Waals surface area contributed by atoms with Gasteiger partial charge in [-0.05, 0) is 35.9 Å². The van der Waals surface area contributed by atoms with Crippen molar-refractivity contribution in [3.8, 4) is 11.4 Å². The zero-order valence-corrected chi connectivity index (χ0v) is 16.1. The van der Waals surface area contributed by atoms with Gasteiger partial charge in [0.15, 0.2) is 11.5 Å². The maximum atomic E-state index is 6.32. The summed E-state index contributed by atoms with van der Waals surface area (Å²) >= 11 is 8.00. The van der Waals surface area contributed by atoms with Gasteiger partial charge in [0.1, 0.15) is 0 Å². The van der Waals surface area contributed by atoms with Crippen molar-refractivity contribution in [1.29, 1.82) is 0 Å². The highest BCUT2D eigenvalue weighted by Crippen LogP contribution is 2.32. The number of halogens is 2. The molecule has 2 aromatic heterocycles. The largest absolute Gasteiger partial charge is 0.326 e. The SMILES string of the molecule is Cl.NCc1ccccc1Sc1ccc2nnc(-c3ccccc3Cl)n2c1. The first-order chi connectivity index (χ1) is 12.3. The highest BCUT2D eigenvalue weighted by molar-refractivity contribution is 7.99. The minimum Gasteiger partial charge on any atom is -0.326 e. The third-order valence-corrected chi connectivity index (χ3v) is 5.34. The number of rotatable bonds is 4. The summed E-state index contributed by atoms with van der Waals surface area (Å²) in [6.45, 7) is 0.517. The third kappa shape index (κ3) is 3.57. The van der Waals surface area contributed by atoms with Crippen LogP contribution >= 0.6 is 35.8 Å². The van der Waals surface area contributed by atoms with Gasteiger partial charge in [0.2, 0.25) is 0 Å². The molecule has 0 aliphatic carbocycles. The molecule has 0 atom stereocenters. The van der Waals surface area contributed by atoms with Gasteiger partial charge in [-0.25, -0.2) is 0 Å². The summed E-state index contributed by atoms with van der Waals surface area (Å²) in [6, 6.07) is 19.8. The maximum Gasteiger partial charge on any atom is 0.169 e. The number of benzene rings is 2. The molecule has 4 aromatic rings. The van der Waals surface area contributed by atoms with Gasteiger partial charge < -0.3 is 5.73 Å². The van der Waals surface area contributed by atoms with Crippen molar-refractivity contribution in [3.05, 3.63) is 77.4 Å². The van der Waals surface area contributed by atoms with Crippen LogP contribution in [0.1, 0.15) is 5.56 Å². The Morgan fingerprint density at radius 3 is 2.54 bits per heavy atom. The lowest BCUT2D eigenvalue weighted by molar-refractivity contribution is 1.03. The molecular formula is C19H16Cl2N4S. The Labute approximate surface area is 166 Å². The Hall–Kier alpha value is -2.05. The molecule has 0 aliphatic heterocycles. The number of hydrogen-bond acceptors (Lipinski definition) is 4. The average Bonchev–Trinajstić information content (AvgIpc) is 3.06. The number of fused-ring (bicyclic) bond motifs is 1. The summed E-state index contributed by atoms with van der Waals surface area (Å²) in [5.74, 6) is 0.732. The Morgan fingerprint density at radius 1 is 0.962 bits per heavy atom. The lowest BCUT2D eigenvalue weighted by Crippen LogP contribution is -1.97. The molecule has 26 heavy (non-hydrogen) atoms. The molecule has 0 saturated heterocycles. The first kappa shape index (κ1) is 18.7. The van der Waals surface area contributed by atoms with E-state index in [1.807, 2.05) is 59.1 Å². The fourth-order valence-electron chi connectivity index (χ4n) is 2.66. The highest BCUT2D eigenvalue weighted by Gasteiger charge is 2.12. The second-order valence-electron chi connectivity index (χ2n) is 5.51. The Bertz CT molecular complexity index is 1050. The molecule has 0 radical (unpaired) electrons. The fraction of sp³-hybridized carbons (Fsp3) is 0.0526. The second-order valence-corrected chi connectivity index (χ2v) is 7.03. The van der Waals surface area contributed by atoms with Crippen molar-refractivity contribution in [2.45, 2.75) is 16.3 Å². The lowest BCUT2D eigenvalue weighted by Gasteiger charge is -2.08. The molecule has 0 unspecified atom stereocenters. The van der Waals surface area contributed by atoms with Gasteiger partial charge in [-0.3, -0.25) is 4.40 Å². The van der Waals surface area contributed by atoms with Crippen LogP contribution in [0.15, 0.2) is 76.7 Å². The standard InChI is InChI=1S/C19H15ClN4S.ClH/c20-16-7-3-2-6-15(16)19-23-22-18-10-9-14(12-24(18)19)25-17-8-4-1-5-13(17)11-21;/h1-10,12H,11,21H2;1H. The molecular weight excluding hydrogens is 387 g/mol. The van der Waals surface area contributed by atoms with Crippen molar-refractivity contribution in [1.82, 2.24) is 14.6 Å². The van der Waals surface area contributed by atoms with Gasteiger partial charge in [0.25, 0.3) is 0 Å². The van der Waals surface area contributed by atoms with E-state index in [9.17, 15) is 0 Å². The zero-order valence-electron chi connectivity index (χ0n) is 13.7. The van der Waals surface area contributed by atoms with Crippen molar-refractivity contribution in [3.63, 3.8) is 0 Å². The summed E-state index contributed by atoms with van der Waals surface area (Å²) < 4.78 is 1.97. The molecule has 2 N–H and O–H groups in total. The molecule has 132 valence electrons. The molecule has 7 heteroatoms. The second kappa shape index (κ2) is 8.10. The van der Waals surface area contributed by atoms with Crippen molar-refractivity contribution >= 4 is 41.4 Å². The van der Waals surface area contributed by atoms with Crippen molar-refractivity contribution in [2.24, 2.45) is 5.73 Å². The van der Waals surface area contributed by atoms with E-state index in [1.165, 1.54) is 0 Å². The lowest BCUT2D eigenvalue weighted by atomic mass is 10.2. The van der Waals surface area contributed by atoms with E-state index < -0.39 is 0 Å². The third-order valence-electron chi connectivity index (χ3n) is 3.91. The Morgan fingerprint density at radius 2 is 1.73 bits per heavy atom. The molecule has 0 amide bonds. The van der Waals surface area contributed by atoms with E-state index in [4.69, 9.17) is 17.3 Å². The number of pyridine rings is 1. The van der Waals surface area contributed by atoms with E-state index in [0.29, 0.717) is 11.6 Å². The quantitative estimate of drug-likeness (QED) is 0.516. The minimum absolute atomic E-state index is 0. The number of nitrogens with zero attached hydrogens (tertiary/aromatic N) is 3. The van der Waals surface area contributed by atoms with Gasteiger partial charge in [0.05, 0.1) is 5.02 Å². The van der Waals surface area contributed by atoms with E-state index >= 15 is 0 Å². The average molecular weight is 403 g/mol. The van der Waals surface area contributed by atoms with Crippen LogP contribution in [0.25, 0.3) is 17.0 Å². The summed E-state index contributed by atoms with van der Waals surface area (Å²) in [4.78, 5) is 2.23. The number of hydrogen-bond donors (Lipinski definition) is 1. The molecule has 0 aliphatic rings. The van der Waals surface area contributed by atoms with E-state index in [2.05, 4.69) is 22.3 Å². The van der Waals surface area contributed by atoms with Crippen LogP contribution in [0.3, 0.4) is 0 Å². The van der Waals surface area contributed by atoms with Gasteiger partial charge in [-0.15, -0.1) is 22.6 Å². The predicted octanol–water partition coefficient (Wildman–Crippen LogP) is 5.08. The summed E-state index contributed by atoms with van der Waals surface area (Å²) in [5, 5.41) is 9.21. The highest BCUT2D eigenvalue weighted by atomic mass is 35.5. The van der Waals surface area contributed by atoms with Gasteiger partial charge in [-0.1, -0.05) is 53.7 Å². The summed E-state index contributed by atoms with van der Waals surface area (Å²) in [6.07, 6.45) is 2.03. The van der Waals surface area contributed by atoms with E-state index in [0.717, 1.165) is 32.4 Å². The first-order valence-corrected chi connectivity index (χ1v) is 9.01. The molecule has 2 heterocycles. The summed E-state index contributed by atoms with van der Waals surface area (Å²) in [7, 11) is 0. The number of aromatic nitrogens is 3. The zero-order chi connectivity index (χ0) is 17.2. The predicted molar refractivity (Wildman–Crippen MR) is 109 cm³/mol. The summed E-state index contributed by atoms with van der Waals surface area (Å²) in [5.41, 5.74) is 8.62. The fourth-order valence-corrected chi connectivity index (χ4v) is 3.85. The molecule has 0 bridgehead atoms. The smallest absolute Gasteiger partial charge is 0.169 e. The topological polar surface area (TPSA) is 56.2 Å². The van der Waals surface area contributed by atoms with E-state index in [1.54, 1.807) is 11.8 Å². The normalized spacial score (nSPS) is 10.7. The van der Waals surface area contributed by atoms with Gasteiger partial charge in [0, 0.05) is 28.1 Å². The van der Waals surface area contributed by atoms with Gasteiger partial charge >= 0.3 is 0 Å². The van der Waals surface area contributed by atoms with Crippen LogP contribution in [0.2, 0.25) is 5.02 Å². The van der Waals surface area contributed by atoms with Crippen molar-refractivity contribution in [2.75, 3.05) is 0 Å². The van der Waals surface area contributed by atoms with Gasteiger partial charge in [-0.2, -0.15) is 0 Å². The molecule has 0 spiro atoms. The Balaban J connectivity index is 0.00000196. The van der Waals surface area contributed by atoms with Crippen LogP contribution in [0, 0.1) is 0 Å².